The molecule has 0 N–H and O–H groups in total. The monoisotopic (exact) mass is 360 g/mol. The molecule has 1 amide bonds. The Hall–Kier alpha value is -3.73. The van der Waals surface area contributed by atoms with Crippen molar-refractivity contribution in [1.29, 1.82) is 5.26 Å². The molecular formula is C19H16N6O2. The average molecular weight is 360 g/mol. The van der Waals surface area contributed by atoms with E-state index in [2.05, 4.69) is 26.1 Å². The number of aromatic nitrogens is 3. The van der Waals surface area contributed by atoms with Crippen molar-refractivity contribution in [3.63, 3.8) is 0 Å². The van der Waals surface area contributed by atoms with E-state index in [1.54, 1.807) is 47.8 Å². The van der Waals surface area contributed by atoms with E-state index in [0.29, 0.717) is 37.5 Å². The largest absolute Gasteiger partial charge is 0.355 e. The highest BCUT2D eigenvalue weighted by Gasteiger charge is 2.25. The summed E-state index contributed by atoms with van der Waals surface area (Å²) >= 11 is 0. The molecule has 0 radical (unpaired) electrons. The third-order valence-corrected chi connectivity index (χ3v) is 4.44. The van der Waals surface area contributed by atoms with Crippen molar-refractivity contribution >= 4 is 11.7 Å². The van der Waals surface area contributed by atoms with Crippen LogP contribution in [0.15, 0.2) is 53.4 Å². The molecule has 27 heavy (non-hydrogen) atoms. The Balaban J connectivity index is 1.42. The highest BCUT2D eigenvalue weighted by atomic mass is 16.5. The van der Waals surface area contributed by atoms with Crippen LogP contribution in [0, 0.1) is 11.3 Å². The van der Waals surface area contributed by atoms with Gasteiger partial charge in [0.1, 0.15) is 5.82 Å². The second-order valence-electron chi connectivity index (χ2n) is 6.11. The first-order valence-corrected chi connectivity index (χ1v) is 8.52. The van der Waals surface area contributed by atoms with Crippen LogP contribution in [0.25, 0.3) is 11.3 Å². The fraction of sp³-hybridized carbons (Fsp3) is 0.211. The van der Waals surface area contributed by atoms with E-state index in [1.165, 1.54) is 0 Å². The average Bonchev–Trinajstić information content (AvgIpc) is 3.24. The molecule has 4 heterocycles. The zero-order valence-corrected chi connectivity index (χ0v) is 14.4. The summed E-state index contributed by atoms with van der Waals surface area (Å²) < 4.78 is 5.29. The second kappa shape index (κ2) is 7.25. The molecule has 1 aliphatic rings. The number of rotatable bonds is 3. The molecule has 3 aromatic rings. The Kier molecular flexibility index (Phi) is 4.49. The van der Waals surface area contributed by atoms with Crippen LogP contribution in [-0.2, 0) is 0 Å². The summed E-state index contributed by atoms with van der Waals surface area (Å²) in [5.74, 6) is 1.11. The van der Waals surface area contributed by atoms with Crippen molar-refractivity contribution < 1.29 is 9.32 Å². The molecule has 0 aromatic carbocycles. The minimum absolute atomic E-state index is 0.160. The molecule has 8 nitrogen and oxygen atoms in total. The van der Waals surface area contributed by atoms with Gasteiger partial charge in [-0.1, -0.05) is 5.16 Å². The first-order valence-electron chi connectivity index (χ1n) is 8.52. The fourth-order valence-corrected chi connectivity index (χ4v) is 2.98. The summed E-state index contributed by atoms with van der Waals surface area (Å²) in [6.07, 6.45) is 4.96. The van der Waals surface area contributed by atoms with Gasteiger partial charge in [-0.05, 0) is 24.3 Å². The Bertz CT molecular complexity index is 987. The number of piperazine rings is 1. The summed E-state index contributed by atoms with van der Waals surface area (Å²) in [6.45, 7) is 2.38. The van der Waals surface area contributed by atoms with Gasteiger partial charge >= 0.3 is 0 Å². The van der Waals surface area contributed by atoms with E-state index in [0.717, 1.165) is 11.4 Å². The molecule has 8 heteroatoms. The number of pyridine rings is 2. The van der Waals surface area contributed by atoms with E-state index >= 15 is 0 Å². The second-order valence-corrected chi connectivity index (χ2v) is 6.11. The summed E-state index contributed by atoms with van der Waals surface area (Å²) in [4.78, 5) is 24.9. The molecule has 0 unspecified atom stereocenters. The lowest BCUT2D eigenvalue weighted by molar-refractivity contribution is 0.0736. The minimum atomic E-state index is -0.160. The smallest absolute Gasteiger partial charge is 0.276 e. The highest BCUT2D eigenvalue weighted by molar-refractivity contribution is 5.93. The summed E-state index contributed by atoms with van der Waals surface area (Å²) in [5, 5.41) is 12.9. The van der Waals surface area contributed by atoms with Gasteiger partial charge in [0, 0.05) is 56.4 Å². The molecule has 1 saturated heterocycles. The van der Waals surface area contributed by atoms with Crippen molar-refractivity contribution in [3.8, 4) is 17.4 Å². The highest BCUT2D eigenvalue weighted by Crippen LogP contribution is 2.21. The van der Waals surface area contributed by atoms with E-state index in [-0.39, 0.29) is 11.6 Å². The molecule has 0 saturated carbocycles. The van der Waals surface area contributed by atoms with Crippen molar-refractivity contribution in [2.75, 3.05) is 31.1 Å². The number of carbonyl (C=O) groups excluding carboxylic acids is 1. The molecule has 0 aliphatic carbocycles. The maximum atomic E-state index is 12.7. The van der Waals surface area contributed by atoms with Gasteiger partial charge in [-0.25, -0.2) is 4.98 Å². The van der Waals surface area contributed by atoms with Crippen molar-refractivity contribution in [1.82, 2.24) is 20.0 Å². The maximum absolute atomic E-state index is 12.7. The van der Waals surface area contributed by atoms with Gasteiger partial charge < -0.3 is 14.3 Å². The minimum Gasteiger partial charge on any atom is -0.355 e. The van der Waals surface area contributed by atoms with Crippen LogP contribution in [0.1, 0.15) is 16.1 Å². The Morgan fingerprint density at radius 1 is 1.15 bits per heavy atom. The predicted molar refractivity (Wildman–Crippen MR) is 96.8 cm³/mol. The zero-order valence-electron chi connectivity index (χ0n) is 14.4. The lowest BCUT2D eigenvalue weighted by Crippen LogP contribution is -2.49. The standard InChI is InChI=1S/C19H16N6O2/c20-12-14-3-5-22-18(10-14)24-6-8-25(9-7-24)19(26)16-11-17(27-23-16)15-2-1-4-21-13-15/h1-5,10-11,13H,6-9H2. The third kappa shape index (κ3) is 3.48. The van der Waals surface area contributed by atoms with Crippen LogP contribution in [-0.4, -0.2) is 52.1 Å². The summed E-state index contributed by atoms with van der Waals surface area (Å²) in [7, 11) is 0. The lowest BCUT2D eigenvalue weighted by Gasteiger charge is -2.35. The Morgan fingerprint density at radius 2 is 2.00 bits per heavy atom. The SMILES string of the molecule is N#Cc1ccnc(N2CCN(C(=O)c3cc(-c4cccnc4)on3)CC2)c1. The van der Waals surface area contributed by atoms with Gasteiger partial charge in [0.2, 0.25) is 0 Å². The number of carbonyl (C=O) groups is 1. The van der Waals surface area contributed by atoms with Crippen LogP contribution in [0.5, 0.6) is 0 Å². The molecular weight excluding hydrogens is 344 g/mol. The summed E-state index contributed by atoms with van der Waals surface area (Å²) in [5.41, 5.74) is 1.63. The molecule has 4 rings (SSSR count). The van der Waals surface area contributed by atoms with E-state index < -0.39 is 0 Å². The first kappa shape index (κ1) is 16.7. The van der Waals surface area contributed by atoms with Gasteiger partial charge in [0.25, 0.3) is 5.91 Å². The van der Waals surface area contributed by atoms with Crippen LogP contribution >= 0.6 is 0 Å². The number of hydrogen-bond acceptors (Lipinski definition) is 7. The van der Waals surface area contributed by atoms with Gasteiger partial charge in [0.05, 0.1) is 11.6 Å². The number of nitrogens with zero attached hydrogens (tertiary/aromatic N) is 6. The van der Waals surface area contributed by atoms with Crippen LogP contribution in [0.4, 0.5) is 5.82 Å². The quantitative estimate of drug-likeness (QED) is 0.704. The Morgan fingerprint density at radius 3 is 2.74 bits per heavy atom. The van der Waals surface area contributed by atoms with Crippen LogP contribution in [0.2, 0.25) is 0 Å². The topological polar surface area (TPSA) is 99.2 Å². The fourth-order valence-electron chi connectivity index (χ4n) is 2.98. The summed E-state index contributed by atoms with van der Waals surface area (Å²) in [6, 6.07) is 10.8. The normalized spacial score (nSPS) is 14.0. The predicted octanol–water partition coefficient (Wildman–Crippen LogP) is 1.97. The van der Waals surface area contributed by atoms with Gasteiger partial charge in [-0.15, -0.1) is 0 Å². The van der Waals surface area contributed by atoms with E-state index in [1.807, 2.05) is 6.07 Å². The van der Waals surface area contributed by atoms with E-state index in [9.17, 15) is 4.79 Å². The zero-order chi connectivity index (χ0) is 18.6. The molecule has 0 bridgehead atoms. The number of hydrogen-bond donors (Lipinski definition) is 0. The lowest BCUT2D eigenvalue weighted by atomic mass is 10.2. The number of anilines is 1. The maximum Gasteiger partial charge on any atom is 0.276 e. The van der Waals surface area contributed by atoms with Crippen molar-refractivity contribution in [2.24, 2.45) is 0 Å². The molecule has 134 valence electrons. The van der Waals surface area contributed by atoms with Crippen LogP contribution in [0.3, 0.4) is 0 Å². The number of amides is 1. The van der Waals surface area contributed by atoms with Crippen LogP contribution < -0.4 is 4.90 Å². The van der Waals surface area contributed by atoms with Gasteiger partial charge in [0.15, 0.2) is 11.5 Å². The Labute approximate surface area is 155 Å². The van der Waals surface area contributed by atoms with Crippen molar-refractivity contribution in [2.45, 2.75) is 0 Å². The third-order valence-electron chi connectivity index (χ3n) is 4.44. The molecule has 0 atom stereocenters. The van der Waals surface area contributed by atoms with Gasteiger partial charge in [-0.3, -0.25) is 9.78 Å². The number of nitriles is 1. The van der Waals surface area contributed by atoms with E-state index in [4.69, 9.17) is 9.78 Å². The molecule has 1 aliphatic heterocycles. The van der Waals surface area contributed by atoms with Gasteiger partial charge in [-0.2, -0.15) is 5.26 Å². The molecule has 3 aromatic heterocycles. The van der Waals surface area contributed by atoms with Crippen molar-refractivity contribution in [3.05, 3.63) is 60.2 Å². The molecule has 1 fully saturated rings. The first-order chi connectivity index (χ1) is 13.2. The molecule has 0 spiro atoms.